The minimum Gasteiger partial charge on any atom is -0.364 e. The Labute approximate surface area is 111 Å². The number of nitrogens with two attached hydrogens (primary N) is 1. The number of primary amides is 1. The summed E-state index contributed by atoms with van der Waals surface area (Å²) in [6.07, 6.45) is 1.71. The van der Waals surface area contributed by atoms with Crippen LogP contribution in [0.5, 0.6) is 0 Å². The highest BCUT2D eigenvalue weighted by Gasteiger charge is 2.17. The maximum atomic E-state index is 11.5. The van der Waals surface area contributed by atoms with Crippen LogP contribution < -0.4 is 5.73 Å². The van der Waals surface area contributed by atoms with Crippen LogP contribution in [0, 0.1) is 0 Å². The summed E-state index contributed by atoms with van der Waals surface area (Å²) in [6, 6.07) is 7.68. The fraction of sp³-hybridized carbons (Fsp3) is 0. The van der Waals surface area contributed by atoms with E-state index in [2.05, 4.69) is 9.97 Å². The van der Waals surface area contributed by atoms with E-state index in [1.807, 2.05) is 29.6 Å². The van der Waals surface area contributed by atoms with Crippen molar-refractivity contribution in [1.82, 2.24) is 9.97 Å². The third-order valence-corrected chi connectivity index (χ3v) is 4.59. The number of nitrogens with one attached hydrogen (secondary N) is 1. The molecular weight excluding hydrogens is 266 g/mol. The van der Waals surface area contributed by atoms with Gasteiger partial charge >= 0.3 is 0 Å². The Bertz CT molecular complexity index is 703. The SMILES string of the molecule is NC(=O)c1[nH]c2cccnc2c1Sc1cccs1. The summed E-state index contributed by atoms with van der Waals surface area (Å²) in [7, 11) is 0. The summed E-state index contributed by atoms with van der Waals surface area (Å²) in [6.45, 7) is 0. The van der Waals surface area contributed by atoms with Crippen LogP contribution in [-0.4, -0.2) is 15.9 Å². The fourth-order valence-electron chi connectivity index (χ4n) is 1.69. The Morgan fingerprint density at radius 2 is 2.28 bits per heavy atom. The predicted octanol–water partition coefficient (Wildman–Crippen LogP) is 2.87. The van der Waals surface area contributed by atoms with Crippen molar-refractivity contribution < 1.29 is 4.79 Å². The Morgan fingerprint density at radius 3 is 3.00 bits per heavy atom. The molecule has 0 aromatic carbocycles. The maximum Gasteiger partial charge on any atom is 0.266 e. The smallest absolute Gasteiger partial charge is 0.266 e. The molecule has 0 spiro atoms. The third kappa shape index (κ3) is 1.89. The van der Waals surface area contributed by atoms with Gasteiger partial charge in [0.2, 0.25) is 0 Å². The van der Waals surface area contributed by atoms with Gasteiger partial charge in [-0.3, -0.25) is 9.78 Å². The number of thiophene rings is 1. The lowest BCUT2D eigenvalue weighted by Crippen LogP contribution is -2.12. The molecule has 90 valence electrons. The predicted molar refractivity (Wildman–Crippen MR) is 73.1 cm³/mol. The van der Waals surface area contributed by atoms with Crippen LogP contribution in [0.1, 0.15) is 10.5 Å². The zero-order valence-corrected chi connectivity index (χ0v) is 10.8. The molecule has 6 heteroatoms. The topological polar surface area (TPSA) is 71.8 Å². The second-order valence-corrected chi connectivity index (χ2v) is 5.89. The van der Waals surface area contributed by atoms with E-state index in [-0.39, 0.29) is 0 Å². The average Bonchev–Trinajstić information content (AvgIpc) is 2.98. The largest absolute Gasteiger partial charge is 0.364 e. The normalized spacial score (nSPS) is 10.9. The molecule has 0 fully saturated rings. The molecule has 0 radical (unpaired) electrons. The van der Waals surface area contributed by atoms with E-state index in [0.717, 1.165) is 20.1 Å². The van der Waals surface area contributed by atoms with Gasteiger partial charge in [-0.05, 0) is 23.6 Å². The first kappa shape index (κ1) is 11.3. The van der Waals surface area contributed by atoms with Gasteiger partial charge in [0.15, 0.2) is 0 Å². The highest BCUT2D eigenvalue weighted by atomic mass is 32.2. The van der Waals surface area contributed by atoms with Crippen LogP contribution in [0.25, 0.3) is 11.0 Å². The molecule has 3 aromatic heterocycles. The summed E-state index contributed by atoms with van der Waals surface area (Å²) in [5.74, 6) is -0.466. The first-order chi connectivity index (χ1) is 8.75. The molecule has 18 heavy (non-hydrogen) atoms. The number of carbonyl (C=O) groups excluding carboxylic acids is 1. The van der Waals surface area contributed by atoms with Gasteiger partial charge in [0.05, 0.1) is 14.6 Å². The number of amides is 1. The average molecular weight is 275 g/mol. The van der Waals surface area contributed by atoms with Crippen molar-refractivity contribution in [3.63, 3.8) is 0 Å². The molecule has 3 N–H and O–H groups in total. The van der Waals surface area contributed by atoms with Crippen molar-refractivity contribution in [2.45, 2.75) is 9.10 Å². The van der Waals surface area contributed by atoms with Crippen molar-refractivity contribution in [3.8, 4) is 0 Å². The second-order valence-electron chi connectivity index (χ2n) is 3.63. The van der Waals surface area contributed by atoms with Crippen molar-refractivity contribution in [1.29, 1.82) is 0 Å². The number of carbonyl (C=O) groups is 1. The maximum absolute atomic E-state index is 11.5. The fourth-order valence-corrected chi connectivity index (χ4v) is 3.61. The molecule has 1 amide bonds. The van der Waals surface area contributed by atoms with Crippen LogP contribution in [0.2, 0.25) is 0 Å². The number of aromatic nitrogens is 2. The van der Waals surface area contributed by atoms with Crippen molar-refractivity contribution in [2.24, 2.45) is 5.73 Å². The highest BCUT2D eigenvalue weighted by molar-refractivity contribution is 8.01. The van der Waals surface area contributed by atoms with E-state index >= 15 is 0 Å². The summed E-state index contributed by atoms with van der Waals surface area (Å²) in [5, 5.41) is 1.99. The van der Waals surface area contributed by atoms with Crippen LogP contribution in [0.15, 0.2) is 44.9 Å². The Hall–Kier alpha value is -1.79. The zero-order chi connectivity index (χ0) is 12.5. The molecule has 0 saturated heterocycles. The molecule has 0 atom stereocenters. The lowest BCUT2D eigenvalue weighted by Gasteiger charge is -1.98. The molecular formula is C12H9N3OS2. The first-order valence-electron chi connectivity index (χ1n) is 5.23. The number of pyridine rings is 1. The molecule has 0 aliphatic heterocycles. The van der Waals surface area contributed by atoms with Gasteiger partial charge in [-0.2, -0.15) is 0 Å². The number of rotatable bonds is 3. The van der Waals surface area contributed by atoms with Gasteiger partial charge in [-0.1, -0.05) is 17.8 Å². The Morgan fingerprint density at radius 1 is 1.39 bits per heavy atom. The van der Waals surface area contributed by atoms with Gasteiger partial charge < -0.3 is 10.7 Å². The van der Waals surface area contributed by atoms with E-state index in [1.54, 1.807) is 17.5 Å². The number of hydrogen-bond acceptors (Lipinski definition) is 4. The monoisotopic (exact) mass is 275 g/mol. The van der Waals surface area contributed by atoms with Crippen LogP contribution in [0.4, 0.5) is 0 Å². The second kappa shape index (κ2) is 4.47. The van der Waals surface area contributed by atoms with Gasteiger partial charge in [0.1, 0.15) is 11.2 Å². The minimum atomic E-state index is -0.466. The number of fused-ring (bicyclic) bond motifs is 1. The highest BCUT2D eigenvalue weighted by Crippen LogP contribution is 2.37. The quantitative estimate of drug-likeness (QED) is 0.772. The van der Waals surface area contributed by atoms with Crippen LogP contribution in [0.3, 0.4) is 0 Å². The summed E-state index contributed by atoms with van der Waals surface area (Å²) in [4.78, 5) is 19.6. The standard InChI is InChI=1S/C12H9N3OS2/c13-12(16)10-11(18-8-4-2-6-17-8)9-7(15-10)3-1-5-14-9/h1-6,15H,(H2,13,16). The number of nitrogens with zero attached hydrogens (tertiary/aromatic N) is 1. The van der Waals surface area contributed by atoms with E-state index in [9.17, 15) is 4.79 Å². The summed E-state index contributed by atoms with van der Waals surface area (Å²) in [5.41, 5.74) is 7.42. The van der Waals surface area contributed by atoms with Crippen molar-refractivity contribution in [3.05, 3.63) is 41.5 Å². The Balaban J connectivity index is 2.18. The van der Waals surface area contributed by atoms with E-state index in [4.69, 9.17) is 5.73 Å². The van der Waals surface area contributed by atoms with Gasteiger partial charge in [0, 0.05) is 6.20 Å². The third-order valence-electron chi connectivity index (χ3n) is 2.45. The van der Waals surface area contributed by atoms with E-state index in [1.165, 1.54) is 11.8 Å². The van der Waals surface area contributed by atoms with Gasteiger partial charge in [-0.15, -0.1) is 11.3 Å². The summed E-state index contributed by atoms with van der Waals surface area (Å²) < 4.78 is 1.10. The van der Waals surface area contributed by atoms with E-state index in [0.29, 0.717) is 5.69 Å². The summed E-state index contributed by atoms with van der Waals surface area (Å²) >= 11 is 3.13. The molecule has 0 bridgehead atoms. The molecule has 0 saturated carbocycles. The van der Waals surface area contributed by atoms with Crippen molar-refractivity contribution >= 4 is 40.0 Å². The minimum absolute atomic E-state index is 0.419. The zero-order valence-electron chi connectivity index (χ0n) is 9.21. The molecule has 0 unspecified atom stereocenters. The molecule has 0 aliphatic rings. The molecule has 4 nitrogen and oxygen atoms in total. The van der Waals surface area contributed by atoms with E-state index < -0.39 is 5.91 Å². The lowest BCUT2D eigenvalue weighted by atomic mass is 10.3. The Kier molecular flexibility index (Phi) is 2.81. The molecule has 3 rings (SSSR count). The van der Waals surface area contributed by atoms with Crippen LogP contribution >= 0.6 is 23.1 Å². The molecule has 0 aliphatic carbocycles. The number of aromatic amines is 1. The van der Waals surface area contributed by atoms with Crippen molar-refractivity contribution in [2.75, 3.05) is 0 Å². The van der Waals surface area contributed by atoms with Crippen LogP contribution in [-0.2, 0) is 0 Å². The van der Waals surface area contributed by atoms with Gasteiger partial charge in [0.25, 0.3) is 5.91 Å². The lowest BCUT2D eigenvalue weighted by molar-refractivity contribution is 0.0993. The molecule has 3 heterocycles. The molecule has 3 aromatic rings. The van der Waals surface area contributed by atoms with Gasteiger partial charge in [-0.25, -0.2) is 0 Å². The first-order valence-corrected chi connectivity index (χ1v) is 6.93. The number of H-pyrrole nitrogens is 1. The number of hydrogen-bond donors (Lipinski definition) is 2.